The molecule has 3 rings (SSSR count). The first-order valence-corrected chi connectivity index (χ1v) is 8.48. The number of methoxy groups -OCH3 is 2. The molecule has 26 heavy (non-hydrogen) atoms. The molecule has 0 aromatic heterocycles. The molecule has 0 spiro atoms. The van der Waals surface area contributed by atoms with Crippen molar-refractivity contribution in [3.63, 3.8) is 0 Å². The summed E-state index contributed by atoms with van der Waals surface area (Å²) in [5, 5.41) is 0. The van der Waals surface area contributed by atoms with Gasteiger partial charge in [-0.05, 0) is 35.2 Å². The molecule has 2 N–H and O–H groups in total. The van der Waals surface area contributed by atoms with E-state index in [4.69, 9.17) is 15.2 Å². The smallest absolute Gasteiger partial charge is 0.224 e. The Labute approximate surface area is 160 Å². The number of fused-ring (bicyclic) bond motifs is 1. The highest BCUT2D eigenvalue weighted by Gasteiger charge is 2.32. The number of hydrogen-bond donors (Lipinski definition) is 1. The van der Waals surface area contributed by atoms with E-state index < -0.39 is 0 Å². The number of halogens is 1. The van der Waals surface area contributed by atoms with E-state index in [-0.39, 0.29) is 24.4 Å². The number of nitrogens with two attached hydrogens (primary N) is 1. The highest BCUT2D eigenvalue weighted by molar-refractivity contribution is 5.85. The van der Waals surface area contributed by atoms with E-state index in [0.717, 1.165) is 23.3 Å². The summed E-state index contributed by atoms with van der Waals surface area (Å²) < 4.78 is 10.9. The topological polar surface area (TPSA) is 64.8 Å². The fourth-order valence-corrected chi connectivity index (χ4v) is 3.48. The maximum atomic E-state index is 12.7. The van der Waals surface area contributed by atoms with Gasteiger partial charge in [-0.15, -0.1) is 12.4 Å². The highest BCUT2D eigenvalue weighted by Crippen LogP contribution is 2.41. The lowest BCUT2D eigenvalue weighted by Gasteiger charge is -2.38. The molecule has 1 atom stereocenters. The van der Waals surface area contributed by atoms with E-state index in [2.05, 4.69) is 12.1 Å². The van der Waals surface area contributed by atoms with Crippen molar-refractivity contribution in [1.82, 2.24) is 4.90 Å². The van der Waals surface area contributed by atoms with Gasteiger partial charge in [-0.2, -0.15) is 0 Å². The lowest BCUT2D eigenvalue weighted by Crippen LogP contribution is -2.41. The second-order valence-corrected chi connectivity index (χ2v) is 6.10. The van der Waals surface area contributed by atoms with Crippen molar-refractivity contribution in [2.45, 2.75) is 18.9 Å². The lowest BCUT2D eigenvalue weighted by atomic mass is 9.87. The largest absolute Gasteiger partial charge is 0.493 e. The normalized spacial score (nSPS) is 15.7. The van der Waals surface area contributed by atoms with Crippen molar-refractivity contribution in [3.05, 3.63) is 59.2 Å². The maximum Gasteiger partial charge on any atom is 0.224 e. The molecule has 6 heteroatoms. The molecular formula is C20H25ClN2O3. The van der Waals surface area contributed by atoms with Crippen LogP contribution < -0.4 is 15.2 Å². The average Bonchev–Trinajstić information content (AvgIpc) is 2.66. The van der Waals surface area contributed by atoms with Gasteiger partial charge in [-0.1, -0.05) is 30.3 Å². The van der Waals surface area contributed by atoms with Crippen molar-refractivity contribution >= 4 is 18.3 Å². The predicted octanol–water partition coefficient (Wildman–Crippen LogP) is 2.95. The lowest BCUT2D eigenvalue weighted by molar-refractivity contribution is -0.133. The zero-order valence-corrected chi connectivity index (χ0v) is 15.9. The molecule has 0 saturated carbocycles. The Balaban J connectivity index is 0.00000243. The van der Waals surface area contributed by atoms with Gasteiger partial charge in [0.25, 0.3) is 0 Å². The van der Waals surface area contributed by atoms with Gasteiger partial charge in [-0.25, -0.2) is 0 Å². The Kier molecular flexibility index (Phi) is 6.89. The highest BCUT2D eigenvalue weighted by atomic mass is 35.5. The van der Waals surface area contributed by atoms with Gasteiger partial charge in [0.1, 0.15) is 0 Å². The van der Waals surface area contributed by atoms with Gasteiger partial charge in [0.05, 0.1) is 20.3 Å². The molecule has 0 saturated heterocycles. The Bertz CT molecular complexity index is 752. The molecule has 0 radical (unpaired) electrons. The van der Waals surface area contributed by atoms with Gasteiger partial charge in [0.15, 0.2) is 11.5 Å². The molecule has 1 aliphatic heterocycles. The standard InChI is InChI=1S/C20H24N2O3.ClH/c1-24-17-12-15-9-11-22(19(23)8-10-21)20(14-6-4-3-5-7-14)16(15)13-18(17)25-2;/h3-7,12-13,20H,8-11,21H2,1-2H3;1H. The van der Waals surface area contributed by atoms with Crippen LogP contribution in [-0.2, 0) is 11.2 Å². The molecule has 0 fully saturated rings. The van der Waals surface area contributed by atoms with Crippen molar-refractivity contribution in [2.24, 2.45) is 5.73 Å². The Morgan fingerprint density at radius 3 is 2.42 bits per heavy atom. The van der Waals surface area contributed by atoms with E-state index >= 15 is 0 Å². The number of benzene rings is 2. The molecule has 2 aromatic rings. The minimum atomic E-state index is -0.135. The van der Waals surface area contributed by atoms with Crippen LogP contribution in [-0.4, -0.2) is 38.1 Å². The molecule has 5 nitrogen and oxygen atoms in total. The fourth-order valence-electron chi connectivity index (χ4n) is 3.48. The maximum absolute atomic E-state index is 12.7. The summed E-state index contributed by atoms with van der Waals surface area (Å²) in [7, 11) is 3.26. The molecule has 1 heterocycles. The van der Waals surface area contributed by atoms with Crippen LogP contribution in [0.1, 0.15) is 29.2 Å². The summed E-state index contributed by atoms with van der Waals surface area (Å²) in [6, 6.07) is 14.0. The first-order chi connectivity index (χ1) is 12.2. The van der Waals surface area contributed by atoms with E-state index in [1.165, 1.54) is 5.56 Å². The zero-order valence-electron chi connectivity index (χ0n) is 15.1. The molecule has 140 valence electrons. The van der Waals surface area contributed by atoms with Crippen LogP contribution in [0.2, 0.25) is 0 Å². The van der Waals surface area contributed by atoms with Crippen LogP contribution in [0, 0.1) is 0 Å². The first kappa shape index (κ1) is 20.1. The summed E-state index contributed by atoms with van der Waals surface area (Å²) in [6.45, 7) is 1.02. The number of carbonyl (C=O) groups is 1. The quantitative estimate of drug-likeness (QED) is 0.871. The third-order valence-corrected chi connectivity index (χ3v) is 4.67. The number of rotatable bonds is 5. The average molecular weight is 377 g/mol. The molecule has 1 aliphatic rings. The summed E-state index contributed by atoms with van der Waals surface area (Å²) in [5.41, 5.74) is 8.97. The van der Waals surface area contributed by atoms with Gasteiger partial charge >= 0.3 is 0 Å². The SMILES string of the molecule is COc1cc2c(cc1OC)C(c1ccccc1)N(C(=O)CCN)CC2.Cl. The van der Waals surface area contributed by atoms with Crippen LogP contribution in [0.25, 0.3) is 0 Å². The summed E-state index contributed by atoms with van der Waals surface area (Å²) in [6.07, 6.45) is 1.14. The van der Waals surface area contributed by atoms with Crippen molar-refractivity contribution in [3.8, 4) is 11.5 Å². The number of nitrogens with zero attached hydrogens (tertiary/aromatic N) is 1. The van der Waals surface area contributed by atoms with Crippen LogP contribution in [0.15, 0.2) is 42.5 Å². The van der Waals surface area contributed by atoms with Crippen molar-refractivity contribution < 1.29 is 14.3 Å². The Morgan fingerprint density at radius 1 is 1.15 bits per heavy atom. The number of hydrogen-bond acceptors (Lipinski definition) is 4. The van der Waals surface area contributed by atoms with Crippen LogP contribution in [0.3, 0.4) is 0 Å². The van der Waals surface area contributed by atoms with E-state index in [1.54, 1.807) is 14.2 Å². The second-order valence-electron chi connectivity index (χ2n) is 6.10. The third kappa shape index (κ3) is 3.79. The summed E-state index contributed by atoms with van der Waals surface area (Å²) >= 11 is 0. The molecule has 0 aliphatic carbocycles. The number of amides is 1. The Hall–Kier alpha value is -2.24. The predicted molar refractivity (Wildman–Crippen MR) is 104 cm³/mol. The Morgan fingerprint density at radius 2 is 1.81 bits per heavy atom. The second kappa shape index (κ2) is 8.92. The first-order valence-electron chi connectivity index (χ1n) is 8.48. The third-order valence-electron chi connectivity index (χ3n) is 4.67. The van der Waals surface area contributed by atoms with Crippen LogP contribution in [0.4, 0.5) is 0 Å². The molecule has 1 unspecified atom stereocenters. The van der Waals surface area contributed by atoms with Crippen LogP contribution >= 0.6 is 12.4 Å². The van der Waals surface area contributed by atoms with Gasteiger partial charge in [-0.3, -0.25) is 4.79 Å². The number of carbonyl (C=O) groups excluding carboxylic acids is 1. The molecular weight excluding hydrogens is 352 g/mol. The van der Waals surface area contributed by atoms with Gasteiger partial charge in [0, 0.05) is 19.5 Å². The van der Waals surface area contributed by atoms with E-state index in [1.807, 2.05) is 35.2 Å². The summed E-state index contributed by atoms with van der Waals surface area (Å²) in [4.78, 5) is 14.6. The van der Waals surface area contributed by atoms with Gasteiger partial charge in [0.2, 0.25) is 5.91 Å². The molecule has 2 aromatic carbocycles. The monoisotopic (exact) mass is 376 g/mol. The van der Waals surface area contributed by atoms with E-state index in [9.17, 15) is 4.79 Å². The zero-order chi connectivity index (χ0) is 17.8. The minimum Gasteiger partial charge on any atom is -0.493 e. The van der Waals surface area contributed by atoms with Crippen molar-refractivity contribution in [1.29, 1.82) is 0 Å². The molecule has 0 bridgehead atoms. The minimum absolute atomic E-state index is 0. The summed E-state index contributed by atoms with van der Waals surface area (Å²) in [5.74, 6) is 1.47. The van der Waals surface area contributed by atoms with Gasteiger partial charge < -0.3 is 20.1 Å². The van der Waals surface area contributed by atoms with E-state index in [0.29, 0.717) is 25.3 Å². The van der Waals surface area contributed by atoms with Crippen LogP contribution in [0.5, 0.6) is 11.5 Å². The van der Waals surface area contributed by atoms with Crippen molar-refractivity contribution in [2.75, 3.05) is 27.3 Å². The fraction of sp³-hybridized carbons (Fsp3) is 0.350. The molecule has 1 amide bonds. The number of ether oxygens (including phenoxy) is 2.